The molecule has 5 rings (SSSR count). The number of ether oxygens (including phenoxy) is 2. The first kappa shape index (κ1) is 17.9. The largest absolute Gasteiger partial charge is 0.437 e. The Bertz CT molecular complexity index is 818. The van der Waals surface area contributed by atoms with Gasteiger partial charge in [0.2, 0.25) is 5.88 Å². The molecule has 1 saturated heterocycles. The van der Waals surface area contributed by atoms with Gasteiger partial charge in [-0.05, 0) is 48.9 Å². The van der Waals surface area contributed by atoms with Gasteiger partial charge in [-0.3, -0.25) is 9.88 Å². The number of morpholine rings is 1. The second-order valence-corrected chi connectivity index (χ2v) is 7.97. The predicted molar refractivity (Wildman–Crippen MR) is 108 cm³/mol. The molecule has 6 nitrogen and oxygen atoms in total. The summed E-state index contributed by atoms with van der Waals surface area (Å²) >= 11 is 0. The smallest absolute Gasteiger partial charge is 0.239 e. The van der Waals surface area contributed by atoms with E-state index in [2.05, 4.69) is 38.0 Å². The summed E-state index contributed by atoms with van der Waals surface area (Å²) in [5.74, 6) is 2.25. The Kier molecular flexibility index (Phi) is 5.14. The molecule has 1 aliphatic carbocycles. The van der Waals surface area contributed by atoms with Crippen molar-refractivity contribution in [2.45, 2.75) is 38.1 Å². The van der Waals surface area contributed by atoms with E-state index >= 15 is 0 Å². The molecule has 0 bridgehead atoms. The van der Waals surface area contributed by atoms with Gasteiger partial charge in [0.15, 0.2) is 5.82 Å². The highest BCUT2D eigenvalue weighted by molar-refractivity contribution is 5.41. The number of rotatable bonds is 4. The fourth-order valence-electron chi connectivity index (χ4n) is 4.35. The predicted octanol–water partition coefficient (Wildman–Crippen LogP) is 3.06. The van der Waals surface area contributed by atoms with Crippen LogP contribution in [0.2, 0.25) is 0 Å². The topological polar surface area (TPSA) is 50.7 Å². The van der Waals surface area contributed by atoms with E-state index in [4.69, 9.17) is 9.47 Å². The molecule has 6 heteroatoms. The summed E-state index contributed by atoms with van der Waals surface area (Å²) in [5.41, 5.74) is 2.87. The molecule has 0 unspecified atom stereocenters. The highest BCUT2D eigenvalue weighted by Crippen LogP contribution is 2.29. The number of hydrogen-bond acceptors (Lipinski definition) is 6. The van der Waals surface area contributed by atoms with Gasteiger partial charge in [-0.25, -0.2) is 0 Å². The van der Waals surface area contributed by atoms with Crippen LogP contribution in [0.5, 0.6) is 11.6 Å². The molecule has 0 N–H and O–H groups in total. The quantitative estimate of drug-likeness (QED) is 0.813. The minimum Gasteiger partial charge on any atom is -0.437 e. The standard InChI is InChI=1S/C22H28N4O2/c1-2-19(3-1)25-8-6-17-4-5-20(14-18(17)7-9-25)28-22-16-23-15-21(24-22)26-10-12-27-13-11-26/h4-5,14-16,19H,1-3,6-13H2. The highest BCUT2D eigenvalue weighted by Gasteiger charge is 2.26. The number of hydrogen-bond donors (Lipinski definition) is 0. The summed E-state index contributed by atoms with van der Waals surface area (Å²) < 4.78 is 11.5. The molecular weight excluding hydrogens is 352 g/mol. The summed E-state index contributed by atoms with van der Waals surface area (Å²) in [5, 5.41) is 0. The van der Waals surface area contributed by atoms with Crippen molar-refractivity contribution in [1.29, 1.82) is 0 Å². The molecule has 1 aromatic heterocycles. The third-order valence-corrected chi connectivity index (χ3v) is 6.26. The first-order valence-corrected chi connectivity index (χ1v) is 10.5. The molecule has 3 aliphatic rings. The van der Waals surface area contributed by atoms with Crippen LogP contribution in [0.4, 0.5) is 5.82 Å². The zero-order valence-corrected chi connectivity index (χ0v) is 16.3. The average Bonchev–Trinajstić information content (AvgIpc) is 2.90. The SMILES string of the molecule is c1cc2c(cc1Oc1cncc(N3CCOCC3)n1)CCN(C1CCC1)CC2. The molecular formula is C22H28N4O2. The van der Waals surface area contributed by atoms with Crippen molar-refractivity contribution < 1.29 is 9.47 Å². The molecule has 0 spiro atoms. The molecule has 0 radical (unpaired) electrons. The van der Waals surface area contributed by atoms with Crippen molar-refractivity contribution in [3.63, 3.8) is 0 Å². The minimum atomic E-state index is 0.550. The maximum absolute atomic E-state index is 6.08. The number of nitrogens with zero attached hydrogens (tertiary/aromatic N) is 4. The molecule has 148 valence electrons. The summed E-state index contributed by atoms with van der Waals surface area (Å²) in [7, 11) is 0. The molecule has 1 aromatic carbocycles. The highest BCUT2D eigenvalue weighted by atomic mass is 16.5. The Labute approximate surface area is 166 Å². The summed E-state index contributed by atoms with van der Waals surface area (Å²) in [6, 6.07) is 7.32. The summed E-state index contributed by atoms with van der Waals surface area (Å²) in [6.07, 6.45) is 9.88. The summed E-state index contributed by atoms with van der Waals surface area (Å²) in [6.45, 7) is 5.49. The second-order valence-electron chi connectivity index (χ2n) is 7.97. The minimum absolute atomic E-state index is 0.550. The fraction of sp³-hybridized carbons (Fsp3) is 0.545. The van der Waals surface area contributed by atoms with Gasteiger partial charge >= 0.3 is 0 Å². The van der Waals surface area contributed by atoms with Crippen molar-refractivity contribution in [2.75, 3.05) is 44.3 Å². The van der Waals surface area contributed by atoms with Crippen molar-refractivity contribution in [1.82, 2.24) is 14.9 Å². The molecule has 0 amide bonds. The molecule has 2 fully saturated rings. The molecule has 3 heterocycles. The van der Waals surface area contributed by atoms with Gasteiger partial charge in [0.1, 0.15) is 5.75 Å². The van der Waals surface area contributed by atoms with Crippen LogP contribution in [0.3, 0.4) is 0 Å². The van der Waals surface area contributed by atoms with E-state index in [0.29, 0.717) is 5.88 Å². The fourth-order valence-corrected chi connectivity index (χ4v) is 4.35. The van der Waals surface area contributed by atoms with Crippen LogP contribution in [0.25, 0.3) is 0 Å². The molecule has 2 aromatic rings. The second kappa shape index (κ2) is 8.05. The van der Waals surface area contributed by atoms with Crippen LogP contribution < -0.4 is 9.64 Å². The first-order chi connectivity index (χ1) is 13.8. The maximum atomic E-state index is 6.08. The van der Waals surface area contributed by atoms with E-state index in [1.165, 1.54) is 36.9 Å². The Morgan fingerprint density at radius 3 is 2.57 bits per heavy atom. The molecule has 1 saturated carbocycles. The third-order valence-electron chi connectivity index (χ3n) is 6.26. The van der Waals surface area contributed by atoms with Crippen LogP contribution in [0.1, 0.15) is 30.4 Å². The lowest BCUT2D eigenvalue weighted by Crippen LogP contribution is -2.41. The number of anilines is 1. The van der Waals surface area contributed by atoms with Crippen LogP contribution in [0, 0.1) is 0 Å². The van der Waals surface area contributed by atoms with Gasteiger partial charge in [0, 0.05) is 32.2 Å². The van der Waals surface area contributed by atoms with Gasteiger partial charge < -0.3 is 14.4 Å². The Morgan fingerprint density at radius 2 is 1.79 bits per heavy atom. The lowest BCUT2D eigenvalue weighted by Gasteiger charge is -2.36. The zero-order chi connectivity index (χ0) is 18.8. The van der Waals surface area contributed by atoms with E-state index in [1.807, 2.05) is 0 Å². The van der Waals surface area contributed by atoms with Crippen LogP contribution >= 0.6 is 0 Å². The van der Waals surface area contributed by atoms with Gasteiger partial charge in [0.25, 0.3) is 0 Å². The number of aromatic nitrogens is 2. The lowest BCUT2D eigenvalue weighted by molar-refractivity contribution is 0.122. The van der Waals surface area contributed by atoms with E-state index in [0.717, 1.165) is 63.3 Å². The van der Waals surface area contributed by atoms with Crippen molar-refractivity contribution in [3.8, 4) is 11.6 Å². The first-order valence-electron chi connectivity index (χ1n) is 10.5. The van der Waals surface area contributed by atoms with Crippen LogP contribution in [-0.4, -0.2) is 60.3 Å². The van der Waals surface area contributed by atoms with Gasteiger partial charge in [-0.15, -0.1) is 0 Å². The van der Waals surface area contributed by atoms with Gasteiger partial charge in [-0.1, -0.05) is 12.5 Å². The lowest BCUT2D eigenvalue weighted by atomic mass is 9.91. The molecule has 28 heavy (non-hydrogen) atoms. The number of fused-ring (bicyclic) bond motifs is 1. The maximum Gasteiger partial charge on any atom is 0.239 e. The van der Waals surface area contributed by atoms with Crippen molar-refractivity contribution in [3.05, 3.63) is 41.7 Å². The third kappa shape index (κ3) is 3.84. The Balaban J connectivity index is 1.28. The Hall–Kier alpha value is -2.18. The van der Waals surface area contributed by atoms with Gasteiger partial charge in [0.05, 0.1) is 25.6 Å². The van der Waals surface area contributed by atoms with E-state index in [1.54, 1.807) is 12.4 Å². The van der Waals surface area contributed by atoms with Crippen molar-refractivity contribution >= 4 is 5.82 Å². The zero-order valence-electron chi connectivity index (χ0n) is 16.3. The molecule has 0 atom stereocenters. The van der Waals surface area contributed by atoms with Crippen LogP contribution in [0.15, 0.2) is 30.6 Å². The van der Waals surface area contributed by atoms with Crippen molar-refractivity contribution in [2.24, 2.45) is 0 Å². The number of benzene rings is 1. The van der Waals surface area contributed by atoms with Crippen LogP contribution in [-0.2, 0) is 17.6 Å². The Morgan fingerprint density at radius 1 is 0.964 bits per heavy atom. The monoisotopic (exact) mass is 380 g/mol. The summed E-state index contributed by atoms with van der Waals surface area (Å²) in [4.78, 5) is 13.9. The average molecular weight is 380 g/mol. The van der Waals surface area contributed by atoms with E-state index < -0.39 is 0 Å². The molecule has 2 aliphatic heterocycles. The van der Waals surface area contributed by atoms with E-state index in [-0.39, 0.29) is 0 Å². The van der Waals surface area contributed by atoms with E-state index in [9.17, 15) is 0 Å². The normalized spacial score (nSPS) is 20.9. The van der Waals surface area contributed by atoms with Gasteiger partial charge in [-0.2, -0.15) is 4.98 Å².